The molecule has 1 aliphatic heterocycles. The standard InChI is InChI=1S/C18H17N5O3S/c24-15(22-17-19-6-8-27-17)9-14-16(25)23(18(26)21-14)7-5-11-10-20-13-4-2-1-3-12(11)13/h1-4,6,8,10,14,20H,5,7,9H2,(H,21,26)(H,19,22,24)/t14-/m0/s1. The number of hydrogen-bond acceptors (Lipinski definition) is 5. The molecule has 0 bridgehead atoms. The maximum Gasteiger partial charge on any atom is 0.324 e. The number of benzene rings is 1. The molecule has 0 saturated carbocycles. The molecule has 0 spiro atoms. The van der Waals surface area contributed by atoms with Crippen molar-refractivity contribution in [1.29, 1.82) is 0 Å². The van der Waals surface area contributed by atoms with Crippen LogP contribution in [0.2, 0.25) is 0 Å². The van der Waals surface area contributed by atoms with Crippen LogP contribution in [-0.2, 0) is 16.0 Å². The first-order chi connectivity index (χ1) is 13.1. The number of hydrogen-bond donors (Lipinski definition) is 3. The van der Waals surface area contributed by atoms with Gasteiger partial charge in [-0.15, -0.1) is 11.3 Å². The number of carbonyl (C=O) groups is 3. The molecule has 3 N–H and O–H groups in total. The Kier molecular flexibility index (Phi) is 4.59. The van der Waals surface area contributed by atoms with Gasteiger partial charge in [0.05, 0.1) is 6.42 Å². The summed E-state index contributed by atoms with van der Waals surface area (Å²) in [5, 5.41) is 8.48. The predicted molar refractivity (Wildman–Crippen MR) is 101 cm³/mol. The average molecular weight is 383 g/mol. The van der Waals surface area contributed by atoms with Gasteiger partial charge in [0.1, 0.15) is 6.04 Å². The summed E-state index contributed by atoms with van der Waals surface area (Å²) in [5.74, 6) is -0.740. The fraction of sp³-hybridized carbons (Fsp3) is 0.222. The van der Waals surface area contributed by atoms with Crippen molar-refractivity contribution in [1.82, 2.24) is 20.2 Å². The van der Waals surface area contributed by atoms with E-state index in [1.807, 2.05) is 30.5 Å². The lowest BCUT2D eigenvalue weighted by Gasteiger charge is -2.12. The summed E-state index contributed by atoms with van der Waals surface area (Å²) in [7, 11) is 0. The highest BCUT2D eigenvalue weighted by molar-refractivity contribution is 7.13. The molecule has 3 aromatic rings. The second-order valence-corrected chi connectivity index (χ2v) is 7.09. The molecule has 3 heterocycles. The minimum Gasteiger partial charge on any atom is -0.361 e. The van der Waals surface area contributed by atoms with Crippen LogP contribution in [0.4, 0.5) is 9.93 Å². The third-order valence-corrected chi connectivity index (χ3v) is 5.14. The van der Waals surface area contributed by atoms with Crippen LogP contribution in [-0.4, -0.2) is 45.3 Å². The summed E-state index contributed by atoms with van der Waals surface area (Å²) >= 11 is 1.29. The number of aromatic nitrogens is 2. The Labute approximate surface area is 158 Å². The van der Waals surface area contributed by atoms with Gasteiger partial charge in [-0.1, -0.05) is 18.2 Å². The summed E-state index contributed by atoms with van der Waals surface area (Å²) in [4.78, 5) is 45.0. The van der Waals surface area contributed by atoms with Gasteiger partial charge in [-0.2, -0.15) is 0 Å². The van der Waals surface area contributed by atoms with E-state index in [1.54, 1.807) is 11.6 Å². The second kappa shape index (κ2) is 7.20. The number of thiazole rings is 1. The van der Waals surface area contributed by atoms with Gasteiger partial charge in [0.2, 0.25) is 5.91 Å². The number of amides is 4. The molecule has 1 aliphatic rings. The summed E-state index contributed by atoms with van der Waals surface area (Å²) in [6.45, 7) is 0.261. The van der Waals surface area contributed by atoms with Crippen molar-refractivity contribution < 1.29 is 14.4 Å². The molecule has 1 aromatic carbocycles. The van der Waals surface area contributed by atoms with Crippen LogP contribution in [0.5, 0.6) is 0 Å². The van der Waals surface area contributed by atoms with E-state index in [1.165, 1.54) is 16.2 Å². The normalized spacial score (nSPS) is 16.7. The van der Waals surface area contributed by atoms with E-state index in [2.05, 4.69) is 20.6 Å². The Balaban J connectivity index is 1.37. The summed E-state index contributed by atoms with van der Waals surface area (Å²) in [6.07, 6.45) is 3.90. The molecular weight excluding hydrogens is 366 g/mol. The molecule has 1 fully saturated rings. The van der Waals surface area contributed by atoms with Gasteiger partial charge in [0, 0.05) is 35.2 Å². The molecule has 1 atom stereocenters. The number of nitrogens with zero attached hydrogens (tertiary/aromatic N) is 2. The first-order valence-electron chi connectivity index (χ1n) is 8.48. The Hall–Kier alpha value is -3.20. The second-order valence-electron chi connectivity index (χ2n) is 6.19. The Morgan fingerprint density at radius 1 is 1.30 bits per heavy atom. The van der Waals surface area contributed by atoms with Crippen molar-refractivity contribution in [2.45, 2.75) is 18.9 Å². The van der Waals surface area contributed by atoms with Gasteiger partial charge >= 0.3 is 6.03 Å². The van der Waals surface area contributed by atoms with Crippen LogP contribution >= 0.6 is 11.3 Å². The van der Waals surface area contributed by atoms with Gasteiger partial charge in [-0.25, -0.2) is 9.78 Å². The molecule has 4 amide bonds. The zero-order valence-corrected chi connectivity index (χ0v) is 15.1. The number of imide groups is 1. The van der Waals surface area contributed by atoms with Crippen LogP contribution in [0.3, 0.4) is 0 Å². The van der Waals surface area contributed by atoms with Crippen LogP contribution in [0, 0.1) is 0 Å². The number of para-hydroxylation sites is 1. The fourth-order valence-electron chi connectivity index (χ4n) is 3.14. The van der Waals surface area contributed by atoms with E-state index in [-0.39, 0.29) is 24.8 Å². The number of rotatable bonds is 6. The van der Waals surface area contributed by atoms with Gasteiger partial charge in [-0.05, 0) is 18.1 Å². The molecule has 0 aliphatic carbocycles. The van der Waals surface area contributed by atoms with Crippen molar-refractivity contribution in [3.63, 3.8) is 0 Å². The average Bonchev–Trinajstić information content (AvgIpc) is 3.36. The maximum atomic E-state index is 12.5. The zero-order chi connectivity index (χ0) is 18.8. The molecular formula is C18H17N5O3S. The number of anilines is 1. The van der Waals surface area contributed by atoms with Crippen LogP contribution in [0.25, 0.3) is 10.9 Å². The third kappa shape index (κ3) is 3.54. The fourth-order valence-corrected chi connectivity index (χ4v) is 3.68. The summed E-state index contributed by atoms with van der Waals surface area (Å²) in [6, 6.07) is 6.56. The number of fused-ring (bicyclic) bond motifs is 1. The van der Waals surface area contributed by atoms with E-state index < -0.39 is 12.1 Å². The van der Waals surface area contributed by atoms with Gasteiger partial charge < -0.3 is 15.6 Å². The van der Waals surface area contributed by atoms with E-state index in [0.717, 1.165) is 16.5 Å². The van der Waals surface area contributed by atoms with E-state index in [4.69, 9.17) is 0 Å². The molecule has 27 heavy (non-hydrogen) atoms. The van der Waals surface area contributed by atoms with Crippen molar-refractivity contribution in [2.75, 3.05) is 11.9 Å². The molecule has 138 valence electrons. The minimum atomic E-state index is -0.847. The number of carbonyl (C=O) groups excluding carboxylic acids is 3. The number of nitrogens with one attached hydrogen (secondary N) is 3. The summed E-state index contributed by atoms with van der Waals surface area (Å²) in [5.41, 5.74) is 2.05. The number of H-pyrrole nitrogens is 1. The quantitative estimate of drug-likeness (QED) is 0.567. The third-order valence-electron chi connectivity index (χ3n) is 4.45. The highest BCUT2D eigenvalue weighted by Crippen LogP contribution is 2.19. The Bertz CT molecular complexity index is 998. The lowest BCUT2D eigenvalue weighted by Crippen LogP contribution is -2.34. The monoisotopic (exact) mass is 383 g/mol. The van der Waals surface area contributed by atoms with Crippen molar-refractivity contribution in [2.24, 2.45) is 0 Å². The molecule has 9 heteroatoms. The highest BCUT2D eigenvalue weighted by atomic mass is 32.1. The molecule has 2 aromatic heterocycles. The lowest BCUT2D eigenvalue weighted by atomic mass is 10.1. The SMILES string of the molecule is O=C(C[C@@H]1NC(=O)N(CCc2c[nH]c3ccccc23)C1=O)Nc1nccs1. The number of aromatic amines is 1. The van der Waals surface area contributed by atoms with Crippen LogP contribution < -0.4 is 10.6 Å². The lowest BCUT2D eigenvalue weighted by molar-refractivity contribution is -0.129. The first-order valence-corrected chi connectivity index (χ1v) is 9.36. The minimum absolute atomic E-state index is 0.117. The Morgan fingerprint density at radius 2 is 2.15 bits per heavy atom. The maximum absolute atomic E-state index is 12.5. The smallest absolute Gasteiger partial charge is 0.324 e. The predicted octanol–water partition coefficient (Wildman–Crippen LogP) is 2.12. The van der Waals surface area contributed by atoms with Crippen LogP contribution in [0.15, 0.2) is 42.0 Å². The van der Waals surface area contributed by atoms with E-state index in [0.29, 0.717) is 11.6 Å². The molecule has 0 radical (unpaired) electrons. The van der Waals surface area contributed by atoms with Crippen molar-refractivity contribution >= 4 is 45.2 Å². The zero-order valence-electron chi connectivity index (χ0n) is 14.3. The van der Waals surface area contributed by atoms with Gasteiger partial charge in [0.15, 0.2) is 5.13 Å². The highest BCUT2D eigenvalue weighted by Gasteiger charge is 2.38. The molecule has 4 rings (SSSR count). The molecule has 8 nitrogen and oxygen atoms in total. The Morgan fingerprint density at radius 3 is 2.96 bits per heavy atom. The molecule has 0 unspecified atom stereocenters. The van der Waals surface area contributed by atoms with Gasteiger partial charge in [0.25, 0.3) is 5.91 Å². The van der Waals surface area contributed by atoms with Crippen LogP contribution in [0.1, 0.15) is 12.0 Å². The van der Waals surface area contributed by atoms with Crippen molar-refractivity contribution in [3.8, 4) is 0 Å². The van der Waals surface area contributed by atoms with E-state index in [9.17, 15) is 14.4 Å². The number of urea groups is 1. The molecule has 1 saturated heterocycles. The van der Waals surface area contributed by atoms with Crippen molar-refractivity contribution in [3.05, 3.63) is 47.6 Å². The van der Waals surface area contributed by atoms with E-state index >= 15 is 0 Å². The van der Waals surface area contributed by atoms with Gasteiger partial charge in [-0.3, -0.25) is 14.5 Å². The first kappa shape index (κ1) is 17.2. The topological polar surface area (TPSA) is 107 Å². The largest absolute Gasteiger partial charge is 0.361 e. The summed E-state index contributed by atoms with van der Waals surface area (Å²) < 4.78 is 0.